The molecule has 0 radical (unpaired) electrons. The molecular weight excluding hydrogens is 408 g/mol. The quantitative estimate of drug-likeness (QED) is 0.409. The fourth-order valence-corrected chi connectivity index (χ4v) is 4.81. The van der Waals surface area contributed by atoms with E-state index in [4.69, 9.17) is 9.73 Å². The van der Waals surface area contributed by atoms with Crippen molar-refractivity contribution in [2.24, 2.45) is 28.7 Å². The Kier molecular flexibility index (Phi) is 10.4. The third kappa shape index (κ3) is 8.46. The Morgan fingerprint density at radius 3 is 2.00 bits per heavy atom. The van der Waals surface area contributed by atoms with Gasteiger partial charge in [-0.1, -0.05) is 73.9 Å². The second kappa shape index (κ2) is 12.6. The Labute approximate surface area is 203 Å². The number of rotatable bonds is 12. The van der Waals surface area contributed by atoms with Crippen molar-refractivity contribution < 1.29 is 9.53 Å². The van der Waals surface area contributed by atoms with Crippen LogP contribution in [0.15, 0.2) is 17.1 Å². The number of nitrogens with zero attached hydrogens (tertiary/aromatic N) is 1. The van der Waals surface area contributed by atoms with Gasteiger partial charge in [-0.05, 0) is 71.6 Å². The first-order valence-electron chi connectivity index (χ1n) is 13.1. The first-order chi connectivity index (χ1) is 15.5. The zero-order chi connectivity index (χ0) is 24.7. The summed E-state index contributed by atoms with van der Waals surface area (Å²) in [5.41, 5.74) is 5.92. The van der Waals surface area contributed by atoms with E-state index in [0.717, 1.165) is 32.1 Å². The molecule has 1 aromatic carbocycles. The smallest absolute Gasteiger partial charge is 0.217 e. The summed E-state index contributed by atoms with van der Waals surface area (Å²) < 4.78 is 6.08. The SMILES string of the molecule is CC[C@H](C)[C@H](NC(C)=O)C1=N[C@@H](Cc2c(CC(C)C)cc(CC(C)C)cc2CC(C)C)CO1. The molecule has 1 N–H and O–H groups in total. The summed E-state index contributed by atoms with van der Waals surface area (Å²) in [4.78, 5) is 16.8. The normalized spacial score (nSPS) is 17.9. The van der Waals surface area contributed by atoms with Crippen LogP contribution in [0, 0.1) is 23.7 Å². The van der Waals surface area contributed by atoms with Crippen LogP contribution in [0.1, 0.15) is 91.0 Å². The molecule has 0 bridgehead atoms. The van der Waals surface area contributed by atoms with Gasteiger partial charge < -0.3 is 10.1 Å². The predicted octanol–water partition coefficient (Wildman–Crippen LogP) is 6.17. The molecule has 33 heavy (non-hydrogen) atoms. The lowest BCUT2D eigenvalue weighted by Crippen LogP contribution is -2.44. The average Bonchev–Trinajstić information content (AvgIpc) is 3.15. The van der Waals surface area contributed by atoms with Gasteiger partial charge in [0, 0.05) is 6.92 Å². The molecule has 1 heterocycles. The van der Waals surface area contributed by atoms with Gasteiger partial charge in [0.1, 0.15) is 12.6 Å². The van der Waals surface area contributed by atoms with Crippen molar-refractivity contribution in [3.63, 3.8) is 0 Å². The van der Waals surface area contributed by atoms with Gasteiger partial charge in [0.15, 0.2) is 0 Å². The highest BCUT2D eigenvalue weighted by Gasteiger charge is 2.31. The molecule has 0 saturated carbocycles. The third-order valence-electron chi connectivity index (χ3n) is 6.41. The van der Waals surface area contributed by atoms with Crippen molar-refractivity contribution in [3.8, 4) is 0 Å². The Morgan fingerprint density at radius 2 is 1.55 bits per heavy atom. The van der Waals surface area contributed by atoms with Crippen molar-refractivity contribution >= 4 is 11.8 Å². The molecule has 3 atom stereocenters. The maximum Gasteiger partial charge on any atom is 0.217 e. The first-order valence-corrected chi connectivity index (χ1v) is 13.1. The molecule has 1 aliphatic heterocycles. The molecule has 0 aliphatic carbocycles. The van der Waals surface area contributed by atoms with Crippen molar-refractivity contribution in [1.29, 1.82) is 0 Å². The highest BCUT2D eigenvalue weighted by Crippen LogP contribution is 2.28. The van der Waals surface area contributed by atoms with Crippen molar-refractivity contribution in [1.82, 2.24) is 5.32 Å². The minimum absolute atomic E-state index is 0.0331. The van der Waals surface area contributed by atoms with Gasteiger partial charge in [0.25, 0.3) is 0 Å². The number of aliphatic imine (C=N–C) groups is 1. The van der Waals surface area contributed by atoms with E-state index < -0.39 is 0 Å². The lowest BCUT2D eigenvalue weighted by Gasteiger charge is -2.22. The summed E-state index contributed by atoms with van der Waals surface area (Å²) in [5, 5.41) is 3.06. The molecule has 1 aromatic rings. The maximum absolute atomic E-state index is 11.8. The minimum Gasteiger partial charge on any atom is -0.477 e. The number of nitrogens with one attached hydrogen (secondary N) is 1. The number of carbonyl (C=O) groups excluding carboxylic acids is 1. The monoisotopic (exact) mass is 456 g/mol. The molecule has 186 valence electrons. The fraction of sp³-hybridized carbons (Fsp3) is 0.724. The number of carbonyl (C=O) groups is 1. The largest absolute Gasteiger partial charge is 0.477 e. The molecular formula is C29H48N2O2. The summed E-state index contributed by atoms with van der Waals surface area (Å²) in [6.45, 7) is 20.3. The topological polar surface area (TPSA) is 50.7 Å². The summed E-state index contributed by atoms with van der Waals surface area (Å²) >= 11 is 0. The Bertz CT molecular complexity index is 779. The van der Waals surface area contributed by atoms with E-state index in [1.54, 1.807) is 6.92 Å². The molecule has 2 rings (SSSR count). The van der Waals surface area contributed by atoms with E-state index in [-0.39, 0.29) is 23.9 Å². The molecule has 0 fully saturated rings. The molecule has 0 saturated heterocycles. The van der Waals surface area contributed by atoms with Gasteiger partial charge in [-0.2, -0.15) is 0 Å². The average molecular weight is 457 g/mol. The summed E-state index contributed by atoms with van der Waals surface area (Å²) in [5.74, 6) is 2.83. The lowest BCUT2D eigenvalue weighted by atomic mass is 9.84. The molecule has 0 aromatic heterocycles. The van der Waals surface area contributed by atoms with Gasteiger partial charge in [-0.3, -0.25) is 4.79 Å². The highest BCUT2D eigenvalue weighted by atomic mass is 16.5. The number of hydrogen-bond acceptors (Lipinski definition) is 3. The van der Waals surface area contributed by atoms with Crippen LogP contribution >= 0.6 is 0 Å². The molecule has 1 amide bonds. The van der Waals surface area contributed by atoms with E-state index in [0.29, 0.717) is 30.3 Å². The molecule has 4 heteroatoms. The van der Waals surface area contributed by atoms with E-state index in [9.17, 15) is 4.79 Å². The Hall–Kier alpha value is -1.84. The molecule has 4 nitrogen and oxygen atoms in total. The van der Waals surface area contributed by atoms with Crippen molar-refractivity contribution in [3.05, 3.63) is 34.4 Å². The number of amides is 1. The molecule has 0 unspecified atom stereocenters. The van der Waals surface area contributed by atoms with Crippen LogP contribution in [0.5, 0.6) is 0 Å². The second-order valence-electron chi connectivity index (χ2n) is 11.4. The van der Waals surface area contributed by atoms with Crippen LogP contribution in [-0.2, 0) is 35.2 Å². The van der Waals surface area contributed by atoms with Gasteiger partial charge in [-0.25, -0.2) is 4.99 Å². The number of benzene rings is 1. The van der Waals surface area contributed by atoms with Crippen LogP contribution in [0.4, 0.5) is 0 Å². The van der Waals surface area contributed by atoms with Crippen LogP contribution in [0.2, 0.25) is 0 Å². The maximum atomic E-state index is 11.8. The van der Waals surface area contributed by atoms with Gasteiger partial charge in [-0.15, -0.1) is 0 Å². The lowest BCUT2D eigenvalue weighted by molar-refractivity contribution is -0.119. The van der Waals surface area contributed by atoms with Crippen LogP contribution in [-0.4, -0.2) is 30.5 Å². The Balaban J connectivity index is 2.40. The van der Waals surface area contributed by atoms with Crippen LogP contribution in [0.25, 0.3) is 0 Å². The fourth-order valence-electron chi connectivity index (χ4n) is 4.81. The van der Waals surface area contributed by atoms with Crippen LogP contribution < -0.4 is 5.32 Å². The second-order valence-corrected chi connectivity index (χ2v) is 11.4. The van der Waals surface area contributed by atoms with Crippen molar-refractivity contribution in [2.45, 2.75) is 107 Å². The third-order valence-corrected chi connectivity index (χ3v) is 6.41. The zero-order valence-corrected chi connectivity index (χ0v) is 22.6. The predicted molar refractivity (Wildman–Crippen MR) is 140 cm³/mol. The summed E-state index contributed by atoms with van der Waals surface area (Å²) in [6, 6.07) is 4.88. The van der Waals surface area contributed by atoms with E-state index in [1.807, 2.05) is 0 Å². The van der Waals surface area contributed by atoms with E-state index >= 15 is 0 Å². The summed E-state index contributed by atoms with van der Waals surface area (Å²) in [7, 11) is 0. The van der Waals surface area contributed by atoms with Gasteiger partial charge >= 0.3 is 0 Å². The standard InChI is InChI=1S/C29H48N2O2/c1-10-21(8)28(30-22(9)32)29-31-26(17-33-29)16-27-24(12-19(4)5)14-23(11-18(2)3)15-25(27)13-20(6)7/h14-15,18-21,26,28H,10-13,16-17H2,1-9H3,(H,30,32)/t21-,26-,28-/m0/s1. The minimum atomic E-state index is -0.142. The van der Waals surface area contributed by atoms with Crippen LogP contribution in [0.3, 0.4) is 0 Å². The Morgan fingerprint density at radius 1 is 1.00 bits per heavy atom. The van der Waals surface area contributed by atoms with E-state index in [1.165, 1.54) is 22.3 Å². The summed E-state index contributed by atoms with van der Waals surface area (Å²) in [6.07, 6.45) is 5.18. The number of hydrogen-bond donors (Lipinski definition) is 1. The van der Waals surface area contributed by atoms with Crippen molar-refractivity contribution in [2.75, 3.05) is 6.61 Å². The zero-order valence-electron chi connectivity index (χ0n) is 22.6. The highest BCUT2D eigenvalue weighted by molar-refractivity contribution is 5.88. The van der Waals surface area contributed by atoms with Gasteiger partial charge in [0.2, 0.25) is 11.8 Å². The van der Waals surface area contributed by atoms with Gasteiger partial charge in [0.05, 0.1) is 6.04 Å². The van der Waals surface area contributed by atoms with E-state index in [2.05, 4.69) is 72.8 Å². The molecule has 1 aliphatic rings. The number of ether oxygens (including phenoxy) is 1. The first kappa shape index (κ1) is 27.4. The molecule has 0 spiro atoms.